The number of likely N-dealkylation sites (N-methyl/N-ethyl adjacent to an activating group) is 1. The smallest absolute Gasteiger partial charge is 0.306 e. The zero-order valence-electron chi connectivity index (χ0n) is 61.4. The molecule has 0 spiro atoms. The maximum absolute atomic E-state index is 13.0. The molecule has 2 unspecified atom stereocenters. The second-order valence-corrected chi connectivity index (χ2v) is 28.0. The number of rotatable bonds is 74. The summed E-state index contributed by atoms with van der Waals surface area (Å²) in [7, 11) is 5.94. The predicted octanol–water partition coefficient (Wildman–Crippen LogP) is 23.9. The lowest BCUT2D eigenvalue weighted by Crippen LogP contribution is -2.44. The van der Waals surface area contributed by atoms with Crippen molar-refractivity contribution in [2.45, 2.75) is 392 Å². The highest BCUT2D eigenvalue weighted by Gasteiger charge is 2.22. The van der Waals surface area contributed by atoms with Gasteiger partial charge in [0, 0.05) is 12.8 Å². The third-order valence-corrected chi connectivity index (χ3v) is 17.7. The van der Waals surface area contributed by atoms with Crippen LogP contribution in [-0.2, 0) is 33.3 Å². The molecule has 0 heterocycles. The highest BCUT2D eigenvalue weighted by molar-refractivity contribution is 5.70. The van der Waals surface area contributed by atoms with Crippen LogP contribution in [-0.4, -0.2) is 82.3 Å². The molecule has 0 rings (SSSR count). The van der Waals surface area contributed by atoms with Gasteiger partial charge in [-0.15, -0.1) is 0 Å². The number of carbonyl (C=O) groups excluding carboxylic acids is 3. The number of hydrogen-bond acceptors (Lipinski definition) is 8. The first-order valence-corrected chi connectivity index (χ1v) is 39.6. The number of aliphatic carboxylic acids is 1. The summed E-state index contributed by atoms with van der Waals surface area (Å²) in [5.74, 6) is -2.26. The summed E-state index contributed by atoms with van der Waals surface area (Å²) >= 11 is 0. The Morgan fingerprint density at radius 3 is 0.924 bits per heavy atom. The molecule has 0 aromatic rings. The van der Waals surface area contributed by atoms with Gasteiger partial charge in [0.2, 0.25) is 0 Å². The second kappa shape index (κ2) is 73.5. The Morgan fingerprint density at radius 2 is 0.620 bits per heavy atom. The highest BCUT2D eigenvalue weighted by atomic mass is 16.7. The lowest BCUT2D eigenvalue weighted by Gasteiger charge is -2.26. The summed E-state index contributed by atoms with van der Waals surface area (Å²) in [6.07, 6.45) is 96.0. The van der Waals surface area contributed by atoms with Crippen LogP contribution in [0, 0.1) is 0 Å². The fraction of sp³-hybridized carbons (Fsp3) is 0.819. The van der Waals surface area contributed by atoms with Crippen molar-refractivity contribution in [1.29, 1.82) is 0 Å². The number of unbranched alkanes of at least 4 members (excludes halogenated alkanes) is 47. The number of carboxylic acid groups (broad SMARTS) is 1. The standard InChI is InChI=1S/C83H151NO8/c1-6-8-10-12-14-16-18-20-22-24-26-28-30-32-34-36-38-40-42-43-45-47-49-51-53-55-57-59-61-63-65-67-69-71-73-80(85)90-77-79(78-91-83(82(87)88)89-76-75-84(3,4)5)92-81(86)74-72-70-68-66-64-62-60-58-56-54-52-50-48-46-44-41-39-37-35-33-31-29-27-25-23-21-19-17-15-13-11-9-7-2/h9,11,15,17,21,23,27,29,33,35,39,41,79,83H,6-8,10,12-14,16,18-20,22,24-26,28,30-32,34,36-38,40,42-78H2,1-5H3/b11-9-,17-15-,23-21-,29-27-,35-33-,41-39-. The van der Waals surface area contributed by atoms with E-state index in [4.69, 9.17) is 18.9 Å². The quantitative estimate of drug-likeness (QED) is 0.0195. The number of ether oxygens (including phenoxy) is 4. The van der Waals surface area contributed by atoms with Gasteiger partial charge in [-0.25, -0.2) is 0 Å². The summed E-state index contributed by atoms with van der Waals surface area (Å²) < 4.78 is 22.9. The third kappa shape index (κ3) is 74.1. The van der Waals surface area contributed by atoms with Crippen LogP contribution in [0.4, 0.5) is 0 Å². The molecule has 0 aromatic heterocycles. The van der Waals surface area contributed by atoms with Crippen molar-refractivity contribution in [2.24, 2.45) is 0 Å². The van der Waals surface area contributed by atoms with Gasteiger partial charge >= 0.3 is 11.9 Å². The number of allylic oxidation sites excluding steroid dienone is 12. The maximum Gasteiger partial charge on any atom is 0.306 e. The van der Waals surface area contributed by atoms with Gasteiger partial charge in [0.05, 0.1) is 40.3 Å². The van der Waals surface area contributed by atoms with Crippen LogP contribution in [0.2, 0.25) is 0 Å². The molecule has 0 aliphatic carbocycles. The van der Waals surface area contributed by atoms with E-state index >= 15 is 0 Å². The first-order chi connectivity index (χ1) is 45.1. The van der Waals surface area contributed by atoms with E-state index in [0.717, 1.165) is 77.0 Å². The van der Waals surface area contributed by atoms with Crippen LogP contribution in [0.15, 0.2) is 72.9 Å². The van der Waals surface area contributed by atoms with E-state index in [9.17, 15) is 19.5 Å². The zero-order valence-corrected chi connectivity index (χ0v) is 61.4. The molecular formula is C83H151NO8. The van der Waals surface area contributed by atoms with E-state index < -0.39 is 24.3 Å². The van der Waals surface area contributed by atoms with Crippen LogP contribution in [0.1, 0.15) is 380 Å². The topological polar surface area (TPSA) is 111 Å². The molecule has 0 saturated heterocycles. The second-order valence-electron chi connectivity index (χ2n) is 28.0. The molecule has 9 heteroatoms. The van der Waals surface area contributed by atoms with Gasteiger partial charge < -0.3 is 33.3 Å². The van der Waals surface area contributed by atoms with Crippen molar-refractivity contribution < 1.29 is 42.9 Å². The Morgan fingerprint density at radius 1 is 0.337 bits per heavy atom. The first kappa shape index (κ1) is 88.7. The van der Waals surface area contributed by atoms with Gasteiger partial charge in [-0.2, -0.15) is 0 Å². The Kier molecular flexibility index (Phi) is 70.9. The van der Waals surface area contributed by atoms with Gasteiger partial charge in [-0.3, -0.25) is 9.59 Å². The summed E-state index contributed by atoms with van der Waals surface area (Å²) in [5.41, 5.74) is 0. The van der Waals surface area contributed by atoms with Gasteiger partial charge in [0.15, 0.2) is 12.4 Å². The van der Waals surface area contributed by atoms with E-state index in [0.29, 0.717) is 23.9 Å². The molecule has 0 saturated carbocycles. The predicted molar refractivity (Wildman–Crippen MR) is 394 cm³/mol. The van der Waals surface area contributed by atoms with Gasteiger partial charge in [-0.05, 0) is 64.2 Å². The Bertz CT molecular complexity index is 1740. The lowest BCUT2D eigenvalue weighted by molar-refractivity contribution is -0.870. The largest absolute Gasteiger partial charge is 0.545 e. The molecule has 0 radical (unpaired) electrons. The molecule has 2 atom stereocenters. The Balaban J connectivity index is 4.01. The molecular weight excluding hydrogens is 1140 g/mol. The molecule has 0 aromatic carbocycles. The van der Waals surface area contributed by atoms with Gasteiger partial charge in [0.1, 0.15) is 13.2 Å². The van der Waals surface area contributed by atoms with Crippen molar-refractivity contribution in [1.82, 2.24) is 0 Å². The normalized spacial score (nSPS) is 13.0. The number of carboxylic acids is 1. The molecule has 9 nitrogen and oxygen atoms in total. The van der Waals surface area contributed by atoms with Crippen molar-refractivity contribution >= 4 is 17.9 Å². The highest BCUT2D eigenvalue weighted by Crippen LogP contribution is 2.20. The summed E-state index contributed by atoms with van der Waals surface area (Å²) in [6, 6.07) is 0. The van der Waals surface area contributed by atoms with Gasteiger partial charge in [0.25, 0.3) is 0 Å². The molecule has 0 aliphatic heterocycles. The van der Waals surface area contributed by atoms with Crippen LogP contribution < -0.4 is 5.11 Å². The summed E-state index contributed by atoms with van der Waals surface area (Å²) in [6.45, 7) is 4.70. The fourth-order valence-corrected chi connectivity index (χ4v) is 11.7. The van der Waals surface area contributed by atoms with E-state index in [1.807, 2.05) is 21.1 Å². The van der Waals surface area contributed by atoms with Crippen molar-refractivity contribution in [3.05, 3.63) is 72.9 Å². The summed E-state index contributed by atoms with van der Waals surface area (Å²) in [5, 5.41) is 11.9. The third-order valence-electron chi connectivity index (χ3n) is 17.7. The van der Waals surface area contributed by atoms with Crippen LogP contribution in [0.5, 0.6) is 0 Å². The minimum atomic E-state index is -1.62. The van der Waals surface area contributed by atoms with E-state index in [-0.39, 0.29) is 32.2 Å². The molecule has 536 valence electrons. The van der Waals surface area contributed by atoms with Gasteiger partial charge in [-0.1, -0.05) is 376 Å². The minimum absolute atomic E-state index is 0.148. The van der Waals surface area contributed by atoms with Crippen LogP contribution in [0.3, 0.4) is 0 Å². The van der Waals surface area contributed by atoms with Crippen LogP contribution >= 0.6 is 0 Å². The average Bonchev–Trinajstić information content (AvgIpc) is 3.69. The van der Waals surface area contributed by atoms with E-state index in [1.165, 1.54) is 270 Å². The number of hydrogen-bond donors (Lipinski definition) is 0. The van der Waals surface area contributed by atoms with Crippen molar-refractivity contribution in [3.63, 3.8) is 0 Å². The van der Waals surface area contributed by atoms with Crippen LogP contribution in [0.25, 0.3) is 0 Å². The fourth-order valence-electron chi connectivity index (χ4n) is 11.7. The molecule has 0 fully saturated rings. The molecule has 0 aliphatic rings. The maximum atomic E-state index is 13.0. The SMILES string of the molecule is CC/C=C\C/C=C\C/C=C\C/C=C\C/C=C\C/C=C\CCCCCCCCCCCCCCCCC(=O)OC(COC(=O)CCCCCCCCCCCCCCCCCCCCCCCCCCCCCCCCCCCC)COC(OCC[N+](C)(C)C)C(=O)[O-]. The molecule has 0 N–H and O–H groups in total. The number of esters is 2. The monoisotopic (exact) mass is 1290 g/mol. The molecule has 0 amide bonds. The van der Waals surface area contributed by atoms with Crippen molar-refractivity contribution in [2.75, 3.05) is 47.5 Å². The van der Waals surface area contributed by atoms with E-state index in [2.05, 4.69) is 86.8 Å². The van der Waals surface area contributed by atoms with E-state index in [1.54, 1.807) is 0 Å². The number of nitrogens with zero attached hydrogens (tertiary/aromatic N) is 1. The van der Waals surface area contributed by atoms with Crippen molar-refractivity contribution in [3.8, 4) is 0 Å². The lowest BCUT2D eigenvalue weighted by atomic mass is 10.0. The Labute approximate surface area is 570 Å². The summed E-state index contributed by atoms with van der Waals surface area (Å²) in [4.78, 5) is 37.6. The Hall–Kier alpha value is -3.27. The first-order valence-electron chi connectivity index (χ1n) is 39.6. The molecule has 0 bridgehead atoms. The molecule has 92 heavy (non-hydrogen) atoms. The number of carbonyl (C=O) groups is 3. The minimum Gasteiger partial charge on any atom is -0.545 e. The average molecular weight is 1290 g/mol. The number of quaternary nitrogens is 1. The zero-order chi connectivity index (χ0) is 66.8.